The molecule has 0 bridgehead atoms. The van der Waals surface area contributed by atoms with Crippen LogP contribution < -0.4 is 21.7 Å². The lowest BCUT2D eigenvalue weighted by Gasteiger charge is -2.25. The summed E-state index contributed by atoms with van der Waals surface area (Å²) in [5, 5.41) is 26.0. The zero-order chi connectivity index (χ0) is 30.5. The predicted molar refractivity (Wildman–Crippen MR) is 151 cm³/mol. The van der Waals surface area contributed by atoms with Crippen molar-refractivity contribution in [3.8, 4) is 0 Å². The number of carboxylic acids is 2. The Morgan fingerprint density at radius 1 is 0.738 bits per heavy atom. The highest BCUT2D eigenvalue weighted by Crippen LogP contribution is 2.08. The molecule has 0 aliphatic heterocycles. The third-order valence-corrected chi connectivity index (χ3v) is 6.42. The van der Waals surface area contributed by atoms with E-state index in [9.17, 15) is 29.1 Å². The molecule has 1 heterocycles. The van der Waals surface area contributed by atoms with Gasteiger partial charge in [-0.2, -0.15) is 0 Å². The second-order valence-corrected chi connectivity index (χ2v) is 9.72. The maximum absolute atomic E-state index is 13.6. The Hall–Kier alpha value is -5.04. The van der Waals surface area contributed by atoms with Crippen molar-refractivity contribution in [1.82, 2.24) is 25.9 Å². The third-order valence-electron chi connectivity index (χ3n) is 6.42. The Morgan fingerprint density at radius 3 is 1.79 bits per heavy atom. The van der Waals surface area contributed by atoms with Crippen molar-refractivity contribution in [2.75, 3.05) is 0 Å². The van der Waals surface area contributed by atoms with Gasteiger partial charge in [0.1, 0.15) is 18.1 Å². The van der Waals surface area contributed by atoms with E-state index in [4.69, 9.17) is 10.8 Å². The van der Waals surface area contributed by atoms with Gasteiger partial charge in [-0.3, -0.25) is 19.2 Å². The lowest BCUT2D eigenvalue weighted by Crippen LogP contribution is -2.58. The average Bonchev–Trinajstić information content (AvgIpc) is 3.48. The van der Waals surface area contributed by atoms with E-state index in [2.05, 4.69) is 25.9 Å². The molecule has 4 unspecified atom stereocenters. The smallest absolute Gasteiger partial charge is 0.326 e. The minimum Gasteiger partial charge on any atom is -0.481 e. The molecule has 13 heteroatoms. The number of aromatic amines is 1. The first-order valence-corrected chi connectivity index (χ1v) is 13.3. The van der Waals surface area contributed by atoms with E-state index in [1.807, 2.05) is 30.3 Å². The fraction of sp³-hybridized carbons (Fsp3) is 0.310. The summed E-state index contributed by atoms with van der Waals surface area (Å²) in [5.41, 5.74) is 8.20. The lowest BCUT2D eigenvalue weighted by molar-refractivity contribution is -0.143. The first-order chi connectivity index (χ1) is 20.1. The van der Waals surface area contributed by atoms with Crippen LogP contribution in [0.25, 0.3) is 0 Å². The Balaban J connectivity index is 1.79. The molecule has 222 valence electrons. The normalized spacial score (nSPS) is 13.6. The van der Waals surface area contributed by atoms with Crippen LogP contribution in [0.4, 0.5) is 0 Å². The quantitative estimate of drug-likeness (QED) is 0.123. The van der Waals surface area contributed by atoms with Crippen molar-refractivity contribution in [1.29, 1.82) is 0 Å². The van der Waals surface area contributed by atoms with Crippen molar-refractivity contribution in [2.24, 2.45) is 5.73 Å². The Labute approximate surface area is 241 Å². The van der Waals surface area contributed by atoms with E-state index in [1.165, 1.54) is 12.5 Å². The summed E-state index contributed by atoms with van der Waals surface area (Å²) in [5.74, 6) is -4.75. The molecule has 2 aromatic carbocycles. The van der Waals surface area contributed by atoms with Crippen LogP contribution in [0.5, 0.6) is 0 Å². The molecule has 0 aliphatic carbocycles. The fourth-order valence-electron chi connectivity index (χ4n) is 4.19. The number of nitrogens with two attached hydrogens (primary N) is 1. The Bertz CT molecular complexity index is 1340. The summed E-state index contributed by atoms with van der Waals surface area (Å²) in [4.78, 5) is 69.2. The molecule has 0 aliphatic rings. The second kappa shape index (κ2) is 15.7. The van der Waals surface area contributed by atoms with Gasteiger partial charge in [0.25, 0.3) is 0 Å². The van der Waals surface area contributed by atoms with Crippen LogP contribution in [0, 0.1) is 0 Å². The molecule has 0 saturated heterocycles. The molecule has 8 N–H and O–H groups in total. The summed E-state index contributed by atoms with van der Waals surface area (Å²) in [6, 6.07) is 13.3. The number of carboxylic acid groups (broad SMARTS) is 2. The van der Waals surface area contributed by atoms with E-state index in [1.54, 1.807) is 30.3 Å². The summed E-state index contributed by atoms with van der Waals surface area (Å²) in [7, 11) is 0. The van der Waals surface area contributed by atoms with Gasteiger partial charge in [-0.1, -0.05) is 60.7 Å². The van der Waals surface area contributed by atoms with Gasteiger partial charge < -0.3 is 36.9 Å². The van der Waals surface area contributed by atoms with E-state index in [0.717, 1.165) is 11.1 Å². The number of carbonyl (C=O) groups excluding carboxylic acids is 3. The minimum absolute atomic E-state index is 0.0810. The number of nitrogens with zero attached hydrogens (tertiary/aromatic N) is 1. The number of aliphatic carboxylic acids is 2. The van der Waals surface area contributed by atoms with E-state index in [0.29, 0.717) is 5.69 Å². The predicted octanol–water partition coefficient (Wildman–Crippen LogP) is 0.169. The van der Waals surface area contributed by atoms with E-state index >= 15 is 0 Å². The highest BCUT2D eigenvalue weighted by atomic mass is 16.4. The molecular formula is C29H34N6O7. The molecule has 13 nitrogen and oxygen atoms in total. The Kier molecular flexibility index (Phi) is 11.7. The zero-order valence-electron chi connectivity index (χ0n) is 22.7. The number of nitrogens with one attached hydrogen (secondary N) is 4. The standard InChI is InChI=1S/C29H34N6O7/c30-21(13-18-7-3-1-4-8-18)26(38)34-23(14-19-9-5-2-6-10-19)27(39)35-24(15-20-16-31-17-32-20)28(40)33-22(29(41)42)11-12-25(36)37/h1-10,16-17,21-24H,11-15,30H2,(H,31,32)(H,33,40)(H,34,38)(H,35,39)(H,36,37)(H,41,42). The maximum atomic E-state index is 13.6. The molecule has 3 amide bonds. The maximum Gasteiger partial charge on any atom is 0.326 e. The second-order valence-electron chi connectivity index (χ2n) is 9.72. The van der Waals surface area contributed by atoms with Crippen molar-refractivity contribution < 1.29 is 34.2 Å². The minimum atomic E-state index is -1.49. The van der Waals surface area contributed by atoms with Crippen LogP contribution in [0.3, 0.4) is 0 Å². The molecule has 4 atom stereocenters. The largest absolute Gasteiger partial charge is 0.481 e. The molecule has 0 saturated carbocycles. The molecule has 1 aromatic heterocycles. The van der Waals surface area contributed by atoms with E-state index < -0.39 is 60.2 Å². The number of imidazole rings is 1. The SMILES string of the molecule is NC(Cc1ccccc1)C(=O)NC(Cc1ccccc1)C(=O)NC(Cc1cnc[nH]1)C(=O)NC(CCC(=O)O)C(=O)O. The number of rotatable bonds is 16. The third kappa shape index (κ3) is 10.2. The highest BCUT2D eigenvalue weighted by molar-refractivity contribution is 5.94. The van der Waals surface area contributed by atoms with Crippen LogP contribution in [-0.2, 0) is 43.2 Å². The molecule has 0 fully saturated rings. The summed E-state index contributed by atoms with van der Waals surface area (Å²) in [6.45, 7) is 0. The van der Waals surface area contributed by atoms with Crippen molar-refractivity contribution in [3.63, 3.8) is 0 Å². The van der Waals surface area contributed by atoms with Gasteiger partial charge in [0, 0.05) is 31.2 Å². The lowest BCUT2D eigenvalue weighted by atomic mass is 10.0. The first kappa shape index (κ1) is 31.5. The van der Waals surface area contributed by atoms with Gasteiger partial charge in [-0.25, -0.2) is 9.78 Å². The van der Waals surface area contributed by atoms with Crippen LogP contribution in [0.15, 0.2) is 73.2 Å². The fourth-order valence-corrected chi connectivity index (χ4v) is 4.19. The zero-order valence-corrected chi connectivity index (χ0v) is 22.7. The van der Waals surface area contributed by atoms with Gasteiger partial charge in [-0.15, -0.1) is 0 Å². The molecular weight excluding hydrogens is 544 g/mol. The van der Waals surface area contributed by atoms with Gasteiger partial charge in [0.15, 0.2) is 0 Å². The van der Waals surface area contributed by atoms with Crippen LogP contribution in [-0.4, -0.2) is 74.0 Å². The average molecular weight is 579 g/mol. The van der Waals surface area contributed by atoms with Gasteiger partial charge in [0.2, 0.25) is 17.7 Å². The monoisotopic (exact) mass is 578 g/mol. The topological polar surface area (TPSA) is 217 Å². The van der Waals surface area contributed by atoms with Crippen LogP contribution in [0.1, 0.15) is 29.7 Å². The number of amides is 3. The number of benzene rings is 2. The van der Waals surface area contributed by atoms with Crippen LogP contribution in [0.2, 0.25) is 0 Å². The molecule has 3 rings (SSSR count). The summed E-state index contributed by atoms with van der Waals surface area (Å²) >= 11 is 0. The number of H-pyrrole nitrogens is 1. The molecule has 0 radical (unpaired) electrons. The molecule has 42 heavy (non-hydrogen) atoms. The number of hydrogen-bond acceptors (Lipinski definition) is 7. The number of aromatic nitrogens is 2. The van der Waals surface area contributed by atoms with Crippen molar-refractivity contribution in [3.05, 3.63) is 90.0 Å². The summed E-state index contributed by atoms with van der Waals surface area (Å²) < 4.78 is 0. The number of hydrogen-bond donors (Lipinski definition) is 7. The molecule has 3 aromatic rings. The van der Waals surface area contributed by atoms with Gasteiger partial charge in [-0.05, 0) is 24.0 Å². The number of carbonyl (C=O) groups is 5. The van der Waals surface area contributed by atoms with Gasteiger partial charge in [0.05, 0.1) is 12.4 Å². The Morgan fingerprint density at radius 2 is 1.26 bits per heavy atom. The molecule has 0 spiro atoms. The van der Waals surface area contributed by atoms with Crippen LogP contribution >= 0.6 is 0 Å². The van der Waals surface area contributed by atoms with Crippen molar-refractivity contribution >= 4 is 29.7 Å². The van der Waals surface area contributed by atoms with Crippen molar-refractivity contribution in [2.45, 2.75) is 56.3 Å². The summed E-state index contributed by atoms with van der Waals surface area (Å²) in [6.07, 6.45) is 2.23. The van der Waals surface area contributed by atoms with Gasteiger partial charge >= 0.3 is 11.9 Å². The first-order valence-electron chi connectivity index (χ1n) is 13.3. The van der Waals surface area contributed by atoms with E-state index in [-0.39, 0.29) is 25.7 Å². The highest BCUT2D eigenvalue weighted by Gasteiger charge is 2.31.